The number of piperidine rings is 1. The quantitative estimate of drug-likeness (QED) is 0.444. The molecule has 0 radical (unpaired) electrons. The predicted octanol–water partition coefficient (Wildman–Crippen LogP) is 1.47. The molecule has 33 heavy (non-hydrogen) atoms. The van der Waals surface area contributed by atoms with E-state index in [0.717, 1.165) is 5.56 Å². The van der Waals surface area contributed by atoms with Crippen LogP contribution < -0.4 is 10.0 Å². The first-order valence-electron chi connectivity index (χ1n) is 10.9. The second-order valence-electron chi connectivity index (χ2n) is 8.61. The van der Waals surface area contributed by atoms with E-state index in [0.29, 0.717) is 25.9 Å². The normalized spacial score (nSPS) is 16.9. The van der Waals surface area contributed by atoms with E-state index < -0.39 is 28.1 Å². The van der Waals surface area contributed by atoms with Gasteiger partial charge >= 0.3 is 5.97 Å². The van der Waals surface area contributed by atoms with Crippen LogP contribution in [0.5, 0.6) is 0 Å². The van der Waals surface area contributed by atoms with E-state index in [1.807, 2.05) is 6.92 Å². The fourth-order valence-corrected chi connectivity index (χ4v) is 5.51. The van der Waals surface area contributed by atoms with Crippen LogP contribution in [0.15, 0.2) is 29.2 Å². The molecule has 2 atom stereocenters. The summed E-state index contributed by atoms with van der Waals surface area (Å²) in [7, 11) is -3.88. The number of sulfonamides is 1. The molecule has 0 spiro atoms. The maximum Gasteiger partial charge on any atom is 0.327 e. The number of carbonyl (C=O) groups is 3. The number of amides is 2. The van der Waals surface area contributed by atoms with Crippen molar-refractivity contribution in [3.8, 4) is 0 Å². The fraction of sp³-hybridized carbons (Fsp3) is 0.591. The number of carbonyl (C=O) groups excluding carboxylic acids is 2. The highest BCUT2D eigenvalue weighted by molar-refractivity contribution is 7.98. The summed E-state index contributed by atoms with van der Waals surface area (Å²) >= 11 is 1.34. The van der Waals surface area contributed by atoms with Crippen molar-refractivity contribution < 1.29 is 27.9 Å². The fourth-order valence-electron chi connectivity index (χ4n) is 3.61. The third kappa shape index (κ3) is 7.44. The Balaban J connectivity index is 2.01. The minimum Gasteiger partial charge on any atom is -0.480 e. The maximum absolute atomic E-state index is 13.1. The van der Waals surface area contributed by atoms with Crippen LogP contribution >= 0.6 is 11.8 Å². The van der Waals surface area contributed by atoms with Crippen molar-refractivity contribution in [2.75, 3.05) is 25.1 Å². The highest BCUT2D eigenvalue weighted by Crippen LogP contribution is 2.21. The first-order chi connectivity index (χ1) is 15.5. The molecule has 3 N–H and O–H groups in total. The molecule has 1 aromatic carbocycles. The van der Waals surface area contributed by atoms with Gasteiger partial charge in [-0.3, -0.25) is 9.59 Å². The van der Waals surface area contributed by atoms with Gasteiger partial charge in [-0.1, -0.05) is 31.5 Å². The summed E-state index contributed by atoms with van der Waals surface area (Å²) in [5.74, 6) is -2.13. The molecule has 1 saturated heterocycles. The SMILES string of the molecule is CSC[C@H](NC(=O)C1CCN(C(=O)[C@@H](NS(=O)(=O)c2ccc(C)cc2)C(C)C)CC1)C(=O)O. The Morgan fingerprint density at radius 1 is 1.15 bits per heavy atom. The smallest absolute Gasteiger partial charge is 0.327 e. The van der Waals surface area contributed by atoms with Crippen molar-refractivity contribution in [1.29, 1.82) is 0 Å². The number of aliphatic carboxylic acids is 1. The second kappa shape index (κ2) is 11.8. The lowest BCUT2D eigenvalue weighted by Crippen LogP contribution is -2.54. The monoisotopic (exact) mass is 499 g/mol. The van der Waals surface area contributed by atoms with E-state index in [9.17, 15) is 27.9 Å². The van der Waals surface area contributed by atoms with E-state index in [4.69, 9.17) is 0 Å². The molecule has 2 amide bonds. The Bertz CT molecular complexity index is 941. The maximum atomic E-state index is 13.1. The largest absolute Gasteiger partial charge is 0.480 e. The predicted molar refractivity (Wildman–Crippen MR) is 127 cm³/mol. The average molecular weight is 500 g/mol. The van der Waals surface area contributed by atoms with Crippen LogP contribution in [0.2, 0.25) is 0 Å². The van der Waals surface area contributed by atoms with Crippen LogP contribution in [-0.4, -0.2) is 73.4 Å². The number of nitrogens with zero attached hydrogens (tertiary/aromatic N) is 1. The minimum atomic E-state index is -3.88. The summed E-state index contributed by atoms with van der Waals surface area (Å²) in [5.41, 5.74) is 0.931. The molecule has 1 aliphatic rings. The number of hydrogen-bond acceptors (Lipinski definition) is 6. The zero-order chi connectivity index (χ0) is 24.8. The van der Waals surface area contributed by atoms with Crippen molar-refractivity contribution in [3.05, 3.63) is 29.8 Å². The number of benzene rings is 1. The van der Waals surface area contributed by atoms with Crippen LogP contribution in [0.1, 0.15) is 32.3 Å². The Hall–Kier alpha value is -2.11. The zero-order valence-corrected chi connectivity index (χ0v) is 21.0. The first kappa shape index (κ1) is 27.1. The van der Waals surface area contributed by atoms with Crippen LogP contribution in [0.4, 0.5) is 0 Å². The average Bonchev–Trinajstić information content (AvgIpc) is 2.76. The third-order valence-electron chi connectivity index (χ3n) is 5.67. The number of thioether (sulfide) groups is 1. The number of carboxylic acids is 1. The molecule has 1 aromatic rings. The molecular formula is C22H33N3O6S2. The Morgan fingerprint density at radius 3 is 2.21 bits per heavy atom. The van der Waals surface area contributed by atoms with Crippen LogP contribution in [0.25, 0.3) is 0 Å². The molecule has 1 heterocycles. The summed E-state index contributed by atoms with van der Waals surface area (Å²) in [6.45, 7) is 6.01. The van der Waals surface area contributed by atoms with E-state index in [2.05, 4.69) is 10.0 Å². The molecule has 1 fully saturated rings. The molecule has 0 aromatic heterocycles. The van der Waals surface area contributed by atoms with Gasteiger partial charge in [0.15, 0.2) is 0 Å². The summed E-state index contributed by atoms with van der Waals surface area (Å²) in [5, 5.41) is 11.8. The van der Waals surface area contributed by atoms with Crippen LogP contribution in [0, 0.1) is 18.8 Å². The Labute approximate surface area is 199 Å². The van der Waals surface area contributed by atoms with Gasteiger partial charge in [0.25, 0.3) is 0 Å². The Kier molecular flexibility index (Phi) is 9.74. The molecule has 184 valence electrons. The van der Waals surface area contributed by atoms with Crippen LogP contribution in [-0.2, 0) is 24.4 Å². The summed E-state index contributed by atoms with van der Waals surface area (Å²) in [6, 6.07) is 4.53. The van der Waals surface area contributed by atoms with E-state index in [1.165, 1.54) is 23.9 Å². The topological polar surface area (TPSA) is 133 Å². The number of rotatable bonds is 10. The van der Waals surface area contributed by atoms with Crippen molar-refractivity contribution in [1.82, 2.24) is 14.9 Å². The van der Waals surface area contributed by atoms with Gasteiger partial charge in [-0.15, -0.1) is 0 Å². The van der Waals surface area contributed by atoms with Crippen LogP contribution in [0.3, 0.4) is 0 Å². The molecule has 0 bridgehead atoms. The van der Waals surface area contributed by atoms with Crippen molar-refractivity contribution >= 4 is 39.6 Å². The lowest BCUT2D eigenvalue weighted by atomic mass is 9.94. The number of likely N-dealkylation sites (tertiary alicyclic amines) is 1. The highest BCUT2D eigenvalue weighted by atomic mass is 32.2. The van der Waals surface area contributed by atoms with Gasteiger partial charge in [-0.05, 0) is 44.1 Å². The van der Waals surface area contributed by atoms with Gasteiger partial charge in [-0.2, -0.15) is 16.5 Å². The van der Waals surface area contributed by atoms with E-state index in [1.54, 1.807) is 37.1 Å². The van der Waals surface area contributed by atoms with Gasteiger partial charge in [0, 0.05) is 24.8 Å². The van der Waals surface area contributed by atoms with E-state index in [-0.39, 0.29) is 34.3 Å². The summed E-state index contributed by atoms with van der Waals surface area (Å²) < 4.78 is 28.2. The zero-order valence-electron chi connectivity index (χ0n) is 19.4. The third-order valence-corrected chi connectivity index (χ3v) is 7.80. The molecule has 1 aliphatic heterocycles. The van der Waals surface area contributed by atoms with Gasteiger partial charge in [0.1, 0.15) is 12.1 Å². The molecule has 11 heteroatoms. The summed E-state index contributed by atoms with van der Waals surface area (Å²) in [4.78, 5) is 38.6. The van der Waals surface area contributed by atoms with Gasteiger partial charge in [-0.25, -0.2) is 13.2 Å². The molecule has 0 aliphatic carbocycles. The minimum absolute atomic E-state index is 0.0974. The lowest BCUT2D eigenvalue weighted by Gasteiger charge is -2.35. The lowest BCUT2D eigenvalue weighted by molar-refractivity contribution is -0.142. The second-order valence-corrected chi connectivity index (χ2v) is 11.2. The highest BCUT2D eigenvalue weighted by Gasteiger charge is 2.35. The van der Waals surface area contributed by atoms with Gasteiger partial charge in [0.2, 0.25) is 21.8 Å². The number of nitrogens with one attached hydrogen (secondary N) is 2. The Morgan fingerprint density at radius 2 is 1.73 bits per heavy atom. The summed E-state index contributed by atoms with van der Waals surface area (Å²) in [6.07, 6.45) is 2.54. The van der Waals surface area contributed by atoms with Crippen molar-refractivity contribution in [2.45, 2.75) is 50.6 Å². The van der Waals surface area contributed by atoms with Crippen molar-refractivity contribution in [3.63, 3.8) is 0 Å². The van der Waals surface area contributed by atoms with Crippen molar-refractivity contribution in [2.24, 2.45) is 11.8 Å². The molecule has 0 unspecified atom stereocenters. The molecule has 2 rings (SSSR count). The van der Waals surface area contributed by atoms with E-state index >= 15 is 0 Å². The van der Waals surface area contributed by atoms with Gasteiger partial charge in [0.05, 0.1) is 4.90 Å². The number of hydrogen-bond donors (Lipinski definition) is 3. The first-order valence-corrected chi connectivity index (χ1v) is 13.7. The van der Waals surface area contributed by atoms with Gasteiger partial charge < -0.3 is 15.3 Å². The molecule has 9 nitrogen and oxygen atoms in total. The standard InChI is InChI=1S/C22H33N3O6S2/c1-14(2)19(24-33(30,31)17-7-5-15(3)6-8-17)21(27)25-11-9-16(10-12-25)20(26)23-18(13-32-4)22(28)29/h5-8,14,16,18-19,24H,9-13H2,1-4H3,(H,23,26)(H,28,29)/t18-,19-/m0/s1. The number of carboxylic acid groups (broad SMARTS) is 1. The molecule has 0 saturated carbocycles. The molecular weight excluding hydrogens is 466 g/mol. The number of aryl methyl sites for hydroxylation is 1.